The average Bonchev–Trinajstić information content (AvgIpc) is 0.811. The fourth-order valence-electron chi connectivity index (χ4n) is 0. The average molecular weight is 145 g/mol. The van der Waals surface area contributed by atoms with Crippen LogP contribution in [0, 0.1) is 10.8 Å². The van der Waals surface area contributed by atoms with Crippen molar-refractivity contribution in [1.82, 2.24) is 0 Å². The summed E-state index contributed by atoms with van der Waals surface area (Å²) >= 11 is 0. The smallest absolute Gasteiger partial charge is 0.282 e. The van der Waals surface area contributed by atoms with E-state index in [9.17, 15) is 0 Å². The van der Waals surface area contributed by atoms with E-state index in [-0.39, 0.29) is 42.0 Å². The molecule has 0 aromatic rings. The zero-order valence-corrected chi connectivity index (χ0v) is 3.62. The van der Waals surface area contributed by atoms with E-state index in [2.05, 4.69) is 0 Å². The van der Waals surface area contributed by atoms with Crippen molar-refractivity contribution < 1.29 is 24.8 Å². The molecule has 0 unspecified atom stereocenters. The summed E-state index contributed by atoms with van der Waals surface area (Å²) in [6.07, 6.45) is 0. The van der Waals surface area contributed by atoms with Gasteiger partial charge >= 0.3 is 29.6 Å². The zero-order valence-electron chi connectivity index (χ0n) is 2.05. The normalized spacial score (nSPS) is 6.00. The zero-order chi connectivity index (χ0) is 3.58. The Bertz CT molecular complexity index is 13.5. The van der Waals surface area contributed by atoms with E-state index < -0.39 is 10.8 Å². The van der Waals surface area contributed by atoms with Crippen molar-refractivity contribution >= 4 is 42.0 Å². The molecule has 0 fully saturated rings. The van der Waals surface area contributed by atoms with Crippen LogP contribution >= 0.6 is 12.4 Å². The summed E-state index contributed by atoms with van der Waals surface area (Å²) in [7, 11) is -2.60. The Balaban J connectivity index is -0.0000000450. The van der Waals surface area contributed by atoms with Gasteiger partial charge in [-0.15, -0.1) is 12.4 Å². The van der Waals surface area contributed by atoms with Crippen LogP contribution in [0.15, 0.2) is 0 Å². The Labute approximate surface area is 66.5 Å². The van der Waals surface area contributed by atoms with Gasteiger partial charge in [0.1, 0.15) is 0 Å². The van der Waals surface area contributed by atoms with Crippen LogP contribution in [0.1, 0.15) is 0 Å². The van der Waals surface area contributed by atoms with Gasteiger partial charge in [-0.2, -0.15) is 0 Å². The quantitative estimate of drug-likeness (QED) is 0.366. The largest absolute Gasteiger partial charge is 0.321 e. The second kappa shape index (κ2) is 9.68. The Hall–Kier alpha value is 1.46. The number of rotatable bonds is 0. The van der Waals surface area contributed by atoms with Gasteiger partial charge in [0, 0.05) is 4.66 Å². The maximum atomic E-state index is 8.52. The van der Waals surface area contributed by atoms with Crippen LogP contribution in [0.2, 0.25) is 0 Å². The Morgan fingerprint density at radius 2 is 1.33 bits per heavy atom. The van der Waals surface area contributed by atoms with Gasteiger partial charge in [-0.1, -0.05) is 0 Å². The standard InChI is InChI=1S/ClHO3.ClH.Na.H/c2-1(3)4;;;/h2H;1H;;. The summed E-state index contributed by atoms with van der Waals surface area (Å²) in [6.45, 7) is 0. The number of hydrogen-bond donors (Lipinski definition) is 1. The van der Waals surface area contributed by atoms with E-state index in [1.165, 1.54) is 0 Å². The van der Waals surface area contributed by atoms with E-state index in [0.717, 1.165) is 0 Å². The van der Waals surface area contributed by atoms with Crippen molar-refractivity contribution in [2.75, 3.05) is 0 Å². The Kier molecular flexibility index (Phi) is 25.3. The third-order valence-corrected chi connectivity index (χ3v) is 0. The first-order valence-corrected chi connectivity index (χ1v) is 1.43. The molecule has 0 spiro atoms. The van der Waals surface area contributed by atoms with Crippen molar-refractivity contribution in [2.24, 2.45) is 0 Å². The minimum absolute atomic E-state index is 0. The molecule has 0 aromatic carbocycles. The van der Waals surface area contributed by atoms with Crippen LogP contribution < -0.4 is 9.32 Å². The fraction of sp³-hybridized carbons (Fsp3) is 0. The molecule has 0 aromatic heterocycles. The molecule has 1 N–H and O–H groups in total. The Morgan fingerprint density at radius 1 is 1.33 bits per heavy atom. The topological polar surface area (TPSA) is 66.3 Å². The third-order valence-electron chi connectivity index (χ3n) is 0. The van der Waals surface area contributed by atoms with Crippen molar-refractivity contribution in [3.05, 3.63) is 0 Å². The molecule has 0 bridgehead atoms. The fourth-order valence-corrected chi connectivity index (χ4v) is 0. The summed E-state index contributed by atoms with van der Waals surface area (Å²) in [4.78, 5) is 0. The van der Waals surface area contributed by atoms with Crippen molar-refractivity contribution in [3.63, 3.8) is 0 Å². The molecule has 36 valence electrons. The molecule has 0 aliphatic carbocycles. The monoisotopic (exact) mass is 144 g/mol. The minimum Gasteiger partial charge on any atom is -0.321 e. The Morgan fingerprint density at radius 3 is 1.33 bits per heavy atom. The van der Waals surface area contributed by atoms with Gasteiger partial charge in [-0.3, -0.25) is 0 Å². The molecule has 0 aliphatic rings. The van der Waals surface area contributed by atoms with Crippen LogP contribution in [0.3, 0.4) is 0 Å². The molecule has 0 atom stereocenters. The van der Waals surface area contributed by atoms with E-state index >= 15 is 0 Å². The molecule has 6 heteroatoms. The van der Waals surface area contributed by atoms with Gasteiger partial charge in [0.15, 0.2) is 0 Å². The van der Waals surface area contributed by atoms with E-state index in [1.807, 2.05) is 0 Å². The van der Waals surface area contributed by atoms with Gasteiger partial charge in [0.05, 0.1) is 0 Å². The molecule has 0 rings (SSSR count). The number of hydrogen-bond acceptors (Lipinski definition) is 3. The van der Waals surface area contributed by atoms with Crippen LogP contribution in [0.4, 0.5) is 0 Å². The molecule has 0 amide bonds. The second-order valence-corrected chi connectivity index (χ2v) is 0.603. The second-order valence-electron chi connectivity index (χ2n) is 0.201. The predicted molar refractivity (Wildman–Crippen MR) is 16.6 cm³/mol. The first kappa shape index (κ1) is 15.7. The first-order valence-electron chi connectivity index (χ1n) is 0.478. The van der Waals surface area contributed by atoms with Crippen LogP contribution in [-0.2, 0) is 0 Å². The summed E-state index contributed by atoms with van der Waals surface area (Å²) in [6, 6.07) is 0. The van der Waals surface area contributed by atoms with Gasteiger partial charge < -0.3 is 9.32 Å². The van der Waals surface area contributed by atoms with E-state index in [1.54, 1.807) is 0 Å². The van der Waals surface area contributed by atoms with Gasteiger partial charge in [0.25, 0.3) is 10.8 Å². The van der Waals surface area contributed by atoms with Gasteiger partial charge in [-0.25, -0.2) is 0 Å². The maximum Gasteiger partial charge on any atom is 0.282 e. The minimum atomic E-state index is -2.60. The predicted octanol–water partition coefficient (Wildman–Crippen LogP) is -3.16. The van der Waals surface area contributed by atoms with Crippen molar-refractivity contribution in [1.29, 1.82) is 0 Å². The van der Waals surface area contributed by atoms with E-state index in [4.69, 9.17) is 14.0 Å². The molecule has 0 saturated carbocycles. The van der Waals surface area contributed by atoms with Gasteiger partial charge in [-0.05, 0) is 0 Å². The van der Waals surface area contributed by atoms with Crippen LogP contribution in [-0.4, -0.2) is 34.2 Å². The first-order chi connectivity index (χ1) is 1.73. The summed E-state index contributed by atoms with van der Waals surface area (Å²) in [5.74, 6) is 0. The molecule has 0 radical (unpaired) electrons. The SMILES string of the molecule is Cl.[NaH].[O-][Cl+2]([O-])O. The van der Waals surface area contributed by atoms with Crippen molar-refractivity contribution in [2.45, 2.75) is 0 Å². The maximum absolute atomic E-state index is 8.52. The third kappa shape index (κ3) is 51.0. The van der Waals surface area contributed by atoms with Gasteiger partial charge in [0.2, 0.25) is 0 Å². The van der Waals surface area contributed by atoms with Crippen LogP contribution in [0.25, 0.3) is 0 Å². The van der Waals surface area contributed by atoms with Crippen LogP contribution in [0.5, 0.6) is 0 Å². The molecule has 0 heterocycles. The summed E-state index contributed by atoms with van der Waals surface area (Å²) in [5.41, 5.74) is 0. The molecular weight excluding hydrogens is 142 g/mol. The molecule has 0 saturated heterocycles. The van der Waals surface area contributed by atoms with E-state index in [0.29, 0.717) is 0 Å². The molecule has 6 heavy (non-hydrogen) atoms. The molecule has 3 nitrogen and oxygen atoms in total. The molecular formula is H3Cl2NaO3. The molecule has 0 aliphatic heterocycles. The summed E-state index contributed by atoms with van der Waals surface area (Å²) < 4.78 is 24.0. The summed E-state index contributed by atoms with van der Waals surface area (Å²) in [5, 5.41) is 0. The van der Waals surface area contributed by atoms with Crippen molar-refractivity contribution in [3.8, 4) is 0 Å². The number of halogens is 2.